The van der Waals surface area contributed by atoms with Gasteiger partial charge in [-0.15, -0.1) is 11.8 Å². The van der Waals surface area contributed by atoms with E-state index in [4.69, 9.17) is 5.26 Å². The Bertz CT molecular complexity index is 841. The Morgan fingerprint density at radius 1 is 1.32 bits per heavy atom. The van der Waals surface area contributed by atoms with Crippen molar-refractivity contribution in [1.82, 2.24) is 15.1 Å². The third kappa shape index (κ3) is 5.19. The number of carbonyl (C=O) groups excluding carboxylic acids is 1. The summed E-state index contributed by atoms with van der Waals surface area (Å²) in [5.74, 6) is 0.608. The first-order valence-corrected chi connectivity index (χ1v) is 8.94. The van der Waals surface area contributed by atoms with E-state index in [1.807, 2.05) is 36.4 Å². The van der Waals surface area contributed by atoms with Crippen molar-refractivity contribution in [2.45, 2.75) is 31.7 Å². The van der Waals surface area contributed by atoms with Crippen molar-refractivity contribution in [3.63, 3.8) is 0 Å². The molecule has 0 atom stereocenters. The summed E-state index contributed by atoms with van der Waals surface area (Å²) in [6.45, 7) is 3.74. The maximum absolute atomic E-state index is 12.1. The molecule has 0 spiro atoms. The third-order valence-corrected chi connectivity index (χ3v) is 4.80. The molecule has 2 aromatic rings. The van der Waals surface area contributed by atoms with E-state index in [1.165, 1.54) is 4.90 Å². The van der Waals surface area contributed by atoms with Crippen molar-refractivity contribution in [2.75, 3.05) is 12.3 Å². The van der Waals surface area contributed by atoms with Crippen LogP contribution in [-0.4, -0.2) is 28.0 Å². The van der Waals surface area contributed by atoms with E-state index in [-0.39, 0.29) is 18.0 Å². The van der Waals surface area contributed by atoms with Crippen molar-refractivity contribution in [2.24, 2.45) is 0 Å². The molecule has 1 heterocycles. The van der Waals surface area contributed by atoms with Crippen molar-refractivity contribution >= 4 is 17.7 Å². The van der Waals surface area contributed by atoms with Crippen LogP contribution < -0.4 is 10.9 Å². The molecule has 2 rings (SSSR count). The van der Waals surface area contributed by atoms with Gasteiger partial charge in [0.05, 0.1) is 5.69 Å². The number of nitrogens with zero attached hydrogens (tertiary/aromatic N) is 3. The van der Waals surface area contributed by atoms with E-state index < -0.39 is 5.56 Å². The van der Waals surface area contributed by atoms with Crippen molar-refractivity contribution in [3.05, 3.63) is 57.5 Å². The number of rotatable bonds is 7. The van der Waals surface area contributed by atoms with Crippen LogP contribution in [0.25, 0.3) is 0 Å². The summed E-state index contributed by atoms with van der Waals surface area (Å²) in [6, 6.07) is 11.9. The highest BCUT2D eigenvalue weighted by molar-refractivity contribution is 7.99. The van der Waals surface area contributed by atoms with Crippen LogP contribution in [0.1, 0.15) is 23.2 Å². The second-order valence-corrected chi connectivity index (χ2v) is 6.69. The van der Waals surface area contributed by atoms with Gasteiger partial charge in [0.1, 0.15) is 18.2 Å². The van der Waals surface area contributed by atoms with Crippen LogP contribution in [0.4, 0.5) is 0 Å². The summed E-state index contributed by atoms with van der Waals surface area (Å²) in [5, 5.41) is 16.0. The zero-order valence-corrected chi connectivity index (χ0v) is 15.1. The van der Waals surface area contributed by atoms with Crippen molar-refractivity contribution in [3.8, 4) is 6.07 Å². The number of benzene rings is 1. The van der Waals surface area contributed by atoms with Gasteiger partial charge in [-0.05, 0) is 43.7 Å². The second kappa shape index (κ2) is 9.04. The number of hydrogen-bond acceptors (Lipinski definition) is 5. The molecule has 0 aliphatic rings. The summed E-state index contributed by atoms with van der Waals surface area (Å²) < 4.78 is 1.05. The Hall–Kier alpha value is -2.59. The lowest BCUT2D eigenvalue weighted by molar-refractivity contribution is -0.121. The fourth-order valence-electron chi connectivity index (χ4n) is 2.21. The lowest BCUT2D eigenvalue weighted by atomic mass is 10.1. The predicted molar refractivity (Wildman–Crippen MR) is 97.5 cm³/mol. The topological polar surface area (TPSA) is 87.8 Å². The van der Waals surface area contributed by atoms with Crippen LogP contribution in [0, 0.1) is 25.2 Å². The number of amides is 1. The minimum atomic E-state index is -0.527. The SMILES string of the molecule is Cc1nn(CC(=O)NCCCSc2ccccc2)c(=O)c(C#N)c1C. The highest BCUT2D eigenvalue weighted by Crippen LogP contribution is 2.17. The molecule has 6 nitrogen and oxygen atoms in total. The number of nitriles is 1. The molecule has 0 fully saturated rings. The molecular weight excluding hydrogens is 336 g/mol. The number of hydrogen-bond donors (Lipinski definition) is 1. The Kier molecular flexibility index (Phi) is 6.78. The molecule has 0 saturated carbocycles. The van der Waals surface area contributed by atoms with Crippen molar-refractivity contribution in [1.29, 1.82) is 5.26 Å². The van der Waals surface area contributed by atoms with Gasteiger partial charge in [-0.25, -0.2) is 4.68 Å². The van der Waals surface area contributed by atoms with Gasteiger partial charge in [0.2, 0.25) is 5.91 Å². The van der Waals surface area contributed by atoms with Crippen LogP contribution in [0.2, 0.25) is 0 Å². The monoisotopic (exact) mass is 356 g/mol. The van der Waals surface area contributed by atoms with E-state index in [1.54, 1.807) is 25.6 Å². The Morgan fingerprint density at radius 3 is 2.72 bits per heavy atom. The van der Waals surface area contributed by atoms with Crippen LogP contribution in [0.3, 0.4) is 0 Å². The van der Waals surface area contributed by atoms with Crippen LogP contribution in [0.15, 0.2) is 40.0 Å². The number of thioether (sulfide) groups is 1. The second-order valence-electron chi connectivity index (χ2n) is 5.53. The minimum Gasteiger partial charge on any atom is -0.354 e. The van der Waals surface area contributed by atoms with Crippen molar-refractivity contribution < 1.29 is 4.79 Å². The van der Waals surface area contributed by atoms with E-state index >= 15 is 0 Å². The van der Waals surface area contributed by atoms with E-state index in [0.717, 1.165) is 16.9 Å². The zero-order valence-electron chi connectivity index (χ0n) is 14.3. The quantitative estimate of drug-likeness (QED) is 0.606. The van der Waals surface area contributed by atoms with Gasteiger partial charge < -0.3 is 5.32 Å². The Labute approximate surface area is 150 Å². The van der Waals surface area contributed by atoms with E-state index in [9.17, 15) is 9.59 Å². The number of aryl methyl sites for hydroxylation is 1. The minimum absolute atomic E-state index is 0.0413. The van der Waals surface area contributed by atoms with Gasteiger partial charge in [-0.2, -0.15) is 10.4 Å². The molecule has 0 aliphatic heterocycles. The fraction of sp³-hybridized carbons (Fsp3) is 0.333. The lowest BCUT2D eigenvalue weighted by Crippen LogP contribution is -2.36. The first kappa shape index (κ1) is 18.7. The highest BCUT2D eigenvalue weighted by Gasteiger charge is 2.13. The number of nitrogens with one attached hydrogen (secondary N) is 1. The maximum atomic E-state index is 12.1. The molecule has 25 heavy (non-hydrogen) atoms. The maximum Gasteiger partial charge on any atom is 0.285 e. The van der Waals surface area contributed by atoms with Gasteiger partial charge in [0.25, 0.3) is 5.56 Å². The molecule has 1 aromatic carbocycles. The summed E-state index contributed by atoms with van der Waals surface area (Å²) in [6.07, 6.45) is 0.823. The van der Waals surface area contributed by atoms with E-state index in [0.29, 0.717) is 17.8 Å². The molecule has 0 unspecified atom stereocenters. The van der Waals surface area contributed by atoms with Gasteiger partial charge in [-0.3, -0.25) is 9.59 Å². The molecular formula is C18H20N4O2S. The zero-order chi connectivity index (χ0) is 18.2. The first-order valence-electron chi connectivity index (χ1n) is 7.96. The summed E-state index contributed by atoms with van der Waals surface area (Å²) >= 11 is 1.73. The third-order valence-electron chi connectivity index (χ3n) is 3.70. The van der Waals surface area contributed by atoms with Gasteiger partial charge in [0, 0.05) is 11.4 Å². The van der Waals surface area contributed by atoms with Crippen LogP contribution in [0.5, 0.6) is 0 Å². The molecule has 1 N–H and O–H groups in total. The standard InChI is InChI=1S/C18H20N4O2S/c1-13-14(2)21-22(18(24)16(13)11-19)12-17(23)20-9-6-10-25-15-7-4-3-5-8-15/h3-5,7-8H,6,9-10,12H2,1-2H3,(H,20,23). The average molecular weight is 356 g/mol. The summed E-state index contributed by atoms with van der Waals surface area (Å²) in [7, 11) is 0. The normalized spacial score (nSPS) is 10.3. The van der Waals surface area contributed by atoms with Gasteiger partial charge in [0.15, 0.2) is 0 Å². The molecule has 0 radical (unpaired) electrons. The first-order chi connectivity index (χ1) is 12.0. The van der Waals surface area contributed by atoms with Gasteiger partial charge >= 0.3 is 0 Å². The van der Waals surface area contributed by atoms with Gasteiger partial charge in [-0.1, -0.05) is 18.2 Å². The molecule has 1 aromatic heterocycles. The van der Waals surface area contributed by atoms with E-state index in [2.05, 4.69) is 10.4 Å². The molecule has 130 valence electrons. The highest BCUT2D eigenvalue weighted by atomic mass is 32.2. The molecule has 0 aliphatic carbocycles. The molecule has 7 heteroatoms. The number of carbonyl (C=O) groups is 1. The Balaban J connectivity index is 1.82. The average Bonchev–Trinajstić information content (AvgIpc) is 2.61. The smallest absolute Gasteiger partial charge is 0.285 e. The van der Waals surface area contributed by atoms with Crippen LogP contribution >= 0.6 is 11.8 Å². The predicted octanol–water partition coefficient (Wildman–Crippen LogP) is 2.03. The van der Waals surface area contributed by atoms with Crippen LogP contribution in [-0.2, 0) is 11.3 Å². The summed E-state index contributed by atoms with van der Waals surface area (Å²) in [5.41, 5.74) is 0.644. The lowest BCUT2D eigenvalue weighted by Gasteiger charge is -2.09. The summed E-state index contributed by atoms with van der Waals surface area (Å²) in [4.78, 5) is 25.3. The Morgan fingerprint density at radius 2 is 2.04 bits per heavy atom. The number of aromatic nitrogens is 2. The fourth-order valence-corrected chi connectivity index (χ4v) is 3.08. The molecule has 0 bridgehead atoms. The molecule has 0 saturated heterocycles. The molecule has 1 amide bonds. The largest absolute Gasteiger partial charge is 0.354 e.